The first-order valence-corrected chi connectivity index (χ1v) is 10.9. The van der Waals surface area contributed by atoms with Crippen LogP contribution in [0.3, 0.4) is 0 Å². The second-order valence-electron chi connectivity index (χ2n) is 8.34. The molecule has 0 aliphatic carbocycles. The van der Waals surface area contributed by atoms with Gasteiger partial charge in [-0.1, -0.05) is 6.07 Å². The van der Waals surface area contributed by atoms with Gasteiger partial charge >= 0.3 is 18.4 Å². The fourth-order valence-electron chi connectivity index (χ4n) is 3.89. The Hall–Kier alpha value is -2.82. The molecule has 35 heavy (non-hydrogen) atoms. The van der Waals surface area contributed by atoms with Gasteiger partial charge in [0.25, 0.3) is 0 Å². The third kappa shape index (κ3) is 7.58. The third-order valence-electron chi connectivity index (χ3n) is 5.88. The molecule has 1 heterocycles. The summed E-state index contributed by atoms with van der Waals surface area (Å²) in [7, 11) is 1.46. The van der Waals surface area contributed by atoms with Crippen molar-refractivity contribution < 1.29 is 40.6 Å². The van der Waals surface area contributed by atoms with Crippen molar-refractivity contribution in [3.05, 3.63) is 70.0 Å². The Labute approximate surface area is 198 Å². The third-order valence-corrected chi connectivity index (χ3v) is 5.88. The molecule has 1 unspecified atom stereocenters. The lowest BCUT2D eigenvalue weighted by Crippen LogP contribution is -2.37. The van der Waals surface area contributed by atoms with Gasteiger partial charge in [0.1, 0.15) is 5.82 Å². The molecule has 0 radical (unpaired) electrons. The first-order chi connectivity index (χ1) is 16.1. The molecule has 0 saturated carbocycles. The Morgan fingerprint density at radius 1 is 1.03 bits per heavy atom. The Bertz CT molecular complexity index is 990. The summed E-state index contributed by atoms with van der Waals surface area (Å²) in [5, 5.41) is 11.8. The SMILES string of the molecule is CN[C@H](C)c1cc(C(F)(F)F)cc(C(F)(F)F)c1.Cc1cc(F)ccc1C1CCCCN1C(=O)O. The van der Waals surface area contributed by atoms with Crippen molar-refractivity contribution in [2.45, 2.75) is 57.5 Å². The van der Waals surface area contributed by atoms with Gasteiger partial charge in [-0.15, -0.1) is 0 Å². The van der Waals surface area contributed by atoms with E-state index in [1.807, 2.05) is 6.92 Å². The van der Waals surface area contributed by atoms with E-state index in [-0.39, 0.29) is 23.5 Å². The zero-order valence-electron chi connectivity index (χ0n) is 19.4. The van der Waals surface area contributed by atoms with Crippen molar-refractivity contribution in [2.75, 3.05) is 13.6 Å². The summed E-state index contributed by atoms with van der Waals surface area (Å²) in [6, 6.07) is 5.39. The predicted octanol–water partition coefficient (Wildman–Crippen LogP) is 7.34. The molecule has 2 N–H and O–H groups in total. The molecule has 11 heteroatoms. The van der Waals surface area contributed by atoms with E-state index in [1.165, 1.54) is 31.0 Å². The van der Waals surface area contributed by atoms with Crippen LogP contribution in [0.2, 0.25) is 0 Å². The maximum absolute atomic E-state index is 13.0. The fraction of sp³-hybridized carbons (Fsp3) is 0.458. The van der Waals surface area contributed by atoms with Crippen molar-refractivity contribution in [3.63, 3.8) is 0 Å². The van der Waals surface area contributed by atoms with Gasteiger partial charge in [-0.05, 0) is 87.2 Å². The molecule has 2 aromatic carbocycles. The minimum atomic E-state index is -4.80. The average molecular weight is 508 g/mol. The predicted molar refractivity (Wildman–Crippen MR) is 116 cm³/mol. The van der Waals surface area contributed by atoms with Crippen LogP contribution in [0.15, 0.2) is 36.4 Å². The van der Waals surface area contributed by atoms with E-state index in [2.05, 4.69) is 5.32 Å². The number of rotatable bonds is 3. The Balaban J connectivity index is 0.000000247. The lowest BCUT2D eigenvalue weighted by molar-refractivity contribution is -0.143. The van der Waals surface area contributed by atoms with Gasteiger partial charge in [-0.25, -0.2) is 9.18 Å². The van der Waals surface area contributed by atoms with Crippen LogP contribution in [0, 0.1) is 12.7 Å². The number of amides is 1. The number of alkyl halides is 6. The van der Waals surface area contributed by atoms with Crippen molar-refractivity contribution >= 4 is 6.09 Å². The van der Waals surface area contributed by atoms with Crippen molar-refractivity contribution in [2.24, 2.45) is 0 Å². The number of hydrogen-bond donors (Lipinski definition) is 2. The molecule has 0 aromatic heterocycles. The summed E-state index contributed by atoms with van der Waals surface area (Å²) in [5.74, 6) is -0.274. The van der Waals surface area contributed by atoms with Gasteiger partial charge in [-0.2, -0.15) is 26.3 Å². The molecule has 1 fully saturated rings. The van der Waals surface area contributed by atoms with Crippen molar-refractivity contribution in [1.29, 1.82) is 0 Å². The average Bonchev–Trinajstić information content (AvgIpc) is 2.77. The van der Waals surface area contributed by atoms with Gasteiger partial charge in [-0.3, -0.25) is 0 Å². The summed E-state index contributed by atoms with van der Waals surface area (Å²) < 4.78 is 88.1. The number of hydrogen-bond acceptors (Lipinski definition) is 2. The quantitative estimate of drug-likeness (QED) is 0.427. The highest BCUT2D eigenvalue weighted by molar-refractivity contribution is 5.66. The minimum Gasteiger partial charge on any atom is -0.465 e. The Morgan fingerprint density at radius 2 is 1.60 bits per heavy atom. The number of carboxylic acid groups (broad SMARTS) is 1. The number of aryl methyl sites for hydroxylation is 1. The van der Waals surface area contributed by atoms with E-state index >= 15 is 0 Å². The van der Waals surface area contributed by atoms with Crippen LogP contribution in [-0.2, 0) is 12.4 Å². The number of nitrogens with one attached hydrogen (secondary N) is 1. The van der Waals surface area contributed by atoms with E-state index in [0.29, 0.717) is 6.54 Å². The van der Waals surface area contributed by atoms with Crippen LogP contribution in [0.1, 0.15) is 66.1 Å². The van der Waals surface area contributed by atoms with Crippen LogP contribution < -0.4 is 5.32 Å². The highest BCUT2D eigenvalue weighted by Gasteiger charge is 2.37. The second-order valence-corrected chi connectivity index (χ2v) is 8.34. The number of benzene rings is 2. The van der Waals surface area contributed by atoms with Crippen LogP contribution in [-0.4, -0.2) is 29.7 Å². The van der Waals surface area contributed by atoms with Crippen LogP contribution in [0.5, 0.6) is 0 Å². The molecule has 1 amide bonds. The van der Waals surface area contributed by atoms with Crippen LogP contribution in [0.4, 0.5) is 35.5 Å². The monoisotopic (exact) mass is 508 g/mol. The number of halogens is 7. The number of nitrogens with zero attached hydrogens (tertiary/aromatic N) is 1. The molecule has 194 valence electrons. The van der Waals surface area contributed by atoms with E-state index in [1.54, 1.807) is 6.07 Å². The molecule has 1 aliphatic rings. The van der Waals surface area contributed by atoms with E-state index < -0.39 is 35.6 Å². The minimum absolute atomic E-state index is 0.0559. The summed E-state index contributed by atoms with van der Waals surface area (Å²) >= 11 is 0. The van der Waals surface area contributed by atoms with Gasteiger partial charge in [0.2, 0.25) is 0 Å². The zero-order chi connectivity index (χ0) is 26.6. The molecular formula is C24H27F7N2O2. The smallest absolute Gasteiger partial charge is 0.416 e. The summed E-state index contributed by atoms with van der Waals surface area (Å²) in [5.41, 5.74) is -0.903. The number of carbonyl (C=O) groups is 1. The first kappa shape index (κ1) is 28.4. The topological polar surface area (TPSA) is 52.6 Å². The number of piperidine rings is 1. The van der Waals surface area contributed by atoms with Gasteiger partial charge in [0.05, 0.1) is 17.2 Å². The zero-order valence-corrected chi connectivity index (χ0v) is 19.4. The standard InChI is InChI=1S/C13H16FNO2.C11H11F6N/c1-9-8-10(14)5-6-11(9)12-4-2-3-7-15(12)13(16)17;1-6(18-2)7-3-8(10(12,13)14)5-9(4-7)11(15,16)17/h5-6,8,12H,2-4,7H2,1H3,(H,16,17);3-6,18H,1-2H3/t;6-/m.1/s1. The van der Waals surface area contributed by atoms with Crippen molar-refractivity contribution in [3.8, 4) is 0 Å². The molecule has 2 aromatic rings. The van der Waals surface area contributed by atoms with Gasteiger partial charge < -0.3 is 15.3 Å². The number of likely N-dealkylation sites (tertiary alicyclic amines) is 1. The highest BCUT2D eigenvalue weighted by Crippen LogP contribution is 2.37. The molecule has 2 atom stereocenters. The lowest BCUT2D eigenvalue weighted by atomic mass is 9.92. The molecular weight excluding hydrogens is 481 g/mol. The summed E-state index contributed by atoms with van der Waals surface area (Å²) in [6.07, 6.45) is -7.75. The van der Waals surface area contributed by atoms with Crippen LogP contribution in [0.25, 0.3) is 0 Å². The van der Waals surface area contributed by atoms with E-state index in [9.17, 15) is 35.5 Å². The first-order valence-electron chi connectivity index (χ1n) is 10.9. The molecule has 1 aliphatic heterocycles. The molecule has 0 bridgehead atoms. The van der Waals surface area contributed by atoms with Gasteiger partial charge in [0, 0.05) is 12.6 Å². The molecule has 0 spiro atoms. The second kappa shape index (κ2) is 11.3. The van der Waals surface area contributed by atoms with Crippen molar-refractivity contribution in [1.82, 2.24) is 10.2 Å². The largest absolute Gasteiger partial charge is 0.465 e. The fourth-order valence-corrected chi connectivity index (χ4v) is 3.89. The Morgan fingerprint density at radius 3 is 2.06 bits per heavy atom. The van der Waals surface area contributed by atoms with E-state index in [4.69, 9.17) is 5.11 Å². The normalized spacial score (nSPS) is 17.4. The van der Waals surface area contributed by atoms with Gasteiger partial charge in [0.15, 0.2) is 0 Å². The van der Waals surface area contributed by atoms with Crippen LogP contribution >= 0.6 is 0 Å². The lowest BCUT2D eigenvalue weighted by Gasteiger charge is -2.34. The van der Waals surface area contributed by atoms with E-state index in [0.717, 1.165) is 42.5 Å². The Kier molecular flexibility index (Phi) is 9.16. The molecule has 1 saturated heterocycles. The molecule has 4 nitrogen and oxygen atoms in total. The molecule has 3 rings (SSSR count). The summed E-state index contributed by atoms with van der Waals surface area (Å²) in [6.45, 7) is 3.87. The summed E-state index contributed by atoms with van der Waals surface area (Å²) in [4.78, 5) is 12.6. The highest BCUT2D eigenvalue weighted by atomic mass is 19.4. The maximum Gasteiger partial charge on any atom is 0.416 e. The maximum atomic E-state index is 13.0.